The number of aromatic nitrogens is 3. The number of ether oxygens (including phenoxy) is 2. The molecule has 0 bridgehead atoms. The zero-order valence-corrected chi connectivity index (χ0v) is 18.0. The molecule has 0 aliphatic carbocycles. The Bertz CT molecular complexity index is 1450. The summed E-state index contributed by atoms with van der Waals surface area (Å²) in [6.45, 7) is 0. The quantitative estimate of drug-likeness (QED) is 0.339. The molecule has 0 spiro atoms. The molecule has 0 saturated heterocycles. The number of nitrogens with zero attached hydrogens (tertiary/aromatic N) is 2. The lowest BCUT2D eigenvalue weighted by Gasteiger charge is -2.10. The fraction of sp³-hybridized carbons (Fsp3) is 0.0800. The fourth-order valence-electron chi connectivity index (χ4n) is 3.71. The number of carbonyl (C=O) groups excluding carboxylic acids is 1. The van der Waals surface area contributed by atoms with Crippen molar-refractivity contribution in [3.05, 3.63) is 78.6 Å². The van der Waals surface area contributed by atoms with Gasteiger partial charge < -0.3 is 25.1 Å². The molecule has 2 heterocycles. The molecule has 0 atom stereocenters. The Kier molecular flexibility index (Phi) is 5.24. The van der Waals surface area contributed by atoms with Gasteiger partial charge in [0.2, 0.25) is 0 Å². The number of rotatable bonds is 6. The zero-order chi connectivity index (χ0) is 22.8. The molecular formula is C25H21N5O3. The van der Waals surface area contributed by atoms with Gasteiger partial charge in [0.05, 0.1) is 25.1 Å². The molecule has 33 heavy (non-hydrogen) atoms. The van der Waals surface area contributed by atoms with Gasteiger partial charge >= 0.3 is 0 Å². The molecule has 0 radical (unpaired) electrons. The van der Waals surface area contributed by atoms with Gasteiger partial charge in [-0.3, -0.25) is 4.79 Å². The number of anilines is 3. The Morgan fingerprint density at radius 3 is 2.30 bits per heavy atom. The first-order valence-corrected chi connectivity index (χ1v) is 10.3. The molecule has 1 amide bonds. The van der Waals surface area contributed by atoms with Crippen molar-refractivity contribution in [2.75, 3.05) is 24.9 Å². The van der Waals surface area contributed by atoms with Crippen molar-refractivity contribution in [2.45, 2.75) is 0 Å². The molecule has 3 aromatic carbocycles. The second-order valence-electron chi connectivity index (χ2n) is 7.35. The third-order valence-corrected chi connectivity index (χ3v) is 5.33. The SMILES string of the molecule is COc1cc2[nH]c3ncnc(Nc4ccc(NC(=O)c5ccccc5)cc4)c3c2cc1OC. The monoisotopic (exact) mass is 439 g/mol. The minimum Gasteiger partial charge on any atom is -0.493 e. The number of H-pyrrole nitrogens is 1. The highest BCUT2D eigenvalue weighted by Crippen LogP contribution is 2.37. The highest BCUT2D eigenvalue weighted by Gasteiger charge is 2.15. The van der Waals surface area contributed by atoms with E-state index in [1.165, 1.54) is 6.33 Å². The van der Waals surface area contributed by atoms with Crippen LogP contribution in [0.25, 0.3) is 21.9 Å². The smallest absolute Gasteiger partial charge is 0.255 e. The summed E-state index contributed by atoms with van der Waals surface area (Å²) in [7, 11) is 3.21. The molecule has 3 N–H and O–H groups in total. The summed E-state index contributed by atoms with van der Waals surface area (Å²) in [5.41, 5.74) is 3.69. The summed E-state index contributed by atoms with van der Waals surface area (Å²) in [4.78, 5) is 24.5. The summed E-state index contributed by atoms with van der Waals surface area (Å²) in [5, 5.41) is 8.00. The lowest BCUT2D eigenvalue weighted by Crippen LogP contribution is -2.11. The second-order valence-corrected chi connectivity index (χ2v) is 7.35. The maximum Gasteiger partial charge on any atom is 0.255 e. The number of hydrogen-bond acceptors (Lipinski definition) is 6. The number of amides is 1. The number of benzene rings is 3. The molecule has 0 unspecified atom stereocenters. The van der Waals surface area contributed by atoms with E-state index in [-0.39, 0.29) is 5.91 Å². The van der Waals surface area contributed by atoms with E-state index in [2.05, 4.69) is 25.6 Å². The van der Waals surface area contributed by atoms with E-state index in [1.807, 2.05) is 54.6 Å². The molecule has 8 nitrogen and oxygen atoms in total. The lowest BCUT2D eigenvalue weighted by molar-refractivity contribution is 0.102. The van der Waals surface area contributed by atoms with Crippen molar-refractivity contribution < 1.29 is 14.3 Å². The first kappa shape index (κ1) is 20.3. The van der Waals surface area contributed by atoms with Crippen molar-refractivity contribution in [3.8, 4) is 11.5 Å². The Labute approximate surface area is 189 Å². The van der Waals surface area contributed by atoms with E-state index in [0.717, 1.165) is 22.0 Å². The molecule has 2 aromatic heterocycles. The van der Waals surface area contributed by atoms with Gasteiger partial charge in [-0.15, -0.1) is 0 Å². The van der Waals surface area contributed by atoms with E-state index in [0.29, 0.717) is 34.2 Å². The number of fused-ring (bicyclic) bond motifs is 3. The molecule has 8 heteroatoms. The third-order valence-electron chi connectivity index (χ3n) is 5.33. The molecule has 5 rings (SSSR count). The van der Waals surface area contributed by atoms with Crippen molar-refractivity contribution in [1.29, 1.82) is 0 Å². The Morgan fingerprint density at radius 1 is 0.879 bits per heavy atom. The van der Waals surface area contributed by atoms with Crippen LogP contribution in [0, 0.1) is 0 Å². The maximum absolute atomic E-state index is 12.4. The van der Waals surface area contributed by atoms with Gasteiger partial charge in [0.25, 0.3) is 5.91 Å². The highest BCUT2D eigenvalue weighted by atomic mass is 16.5. The van der Waals surface area contributed by atoms with Gasteiger partial charge in [0.1, 0.15) is 17.8 Å². The standard InChI is InChI=1S/C25H21N5O3/c1-32-20-12-18-19(13-21(20)33-2)30-24-22(18)23(26-14-27-24)28-16-8-10-17(11-9-16)29-25(31)15-6-4-3-5-7-15/h3-14H,1-2H3,(H,29,31)(H2,26,27,28,30). The van der Waals surface area contributed by atoms with E-state index < -0.39 is 0 Å². The Morgan fingerprint density at radius 2 is 1.58 bits per heavy atom. The average Bonchev–Trinajstić information content (AvgIpc) is 3.23. The predicted octanol–water partition coefficient (Wildman–Crippen LogP) is 5.12. The summed E-state index contributed by atoms with van der Waals surface area (Å²) in [6, 6.07) is 20.3. The zero-order valence-electron chi connectivity index (χ0n) is 18.0. The van der Waals surface area contributed by atoms with Crippen molar-refractivity contribution >= 4 is 45.0 Å². The molecule has 0 aliphatic rings. The minimum absolute atomic E-state index is 0.156. The number of hydrogen-bond donors (Lipinski definition) is 3. The van der Waals surface area contributed by atoms with Gasteiger partial charge in [0, 0.05) is 28.4 Å². The van der Waals surface area contributed by atoms with Crippen LogP contribution < -0.4 is 20.1 Å². The summed E-state index contributed by atoms with van der Waals surface area (Å²) >= 11 is 0. The minimum atomic E-state index is -0.156. The number of nitrogens with one attached hydrogen (secondary N) is 3. The summed E-state index contributed by atoms with van der Waals surface area (Å²) in [6.07, 6.45) is 1.50. The van der Waals surface area contributed by atoms with E-state index >= 15 is 0 Å². The molecule has 0 fully saturated rings. The van der Waals surface area contributed by atoms with Crippen LogP contribution in [0.3, 0.4) is 0 Å². The predicted molar refractivity (Wildman–Crippen MR) is 129 cm³/mol. The van der Waals surface area contributed by atoms with Crippen LogP contribution in [0.15, 0.2) is 73.1 Å². The normalized spacial score (nSPS) is 10.8. The third kappa shape index (κ3) is 3.89. The number of carbonyl (C=O) groups is 1. The first-order chi connectivity index (χ1) is 16.2. The van der Waals surface area contributed by atoms with Gasteiger partial charge in [-0.25, -0.2) is 9.97 Å². The number of methoxy groups -OCH3 is 2. The van der Waals surface area contributed by atoms with Crippen molar-refractivity contribution in [2.24, 2.45) is 0 Å². The van der Waals surface area contributed by atoms with Crippen LogP contribution in [-0.2, 0) is 0 Å². The van der Waals surface area contributed by atoms with Crippen molar-refractivity contribution in [1.82, 2.24) is 15.0 Å². The Hall–Kier alpha value is -4.59. The van der Waals surface area contributed by atoms with E-state index in [1.54, 1.807) is 26.4 Å². The average molecular weight is 439 g/mol. The Balaban J connectivity index is 1.43. The largest absolute Gasteiger partial charge is 0.493 e. The van der Waals surface area contributed by atoms with Crippen LogP contribution in [0.5, 0.6) is 11.5 Å². The molecule has 0 saturated carbocycles. The highest BCUT2D eigenvalue weighted by molar-refractivity contribution is 6.12. The first-order valence-electron chi connectivity index (χ1n) is 10.3. The summed E-state index contributed by atoms with van der Waals surface area (Å²) < 4.78 is 10.9. The molecule has 5 aromatic rings. The van der Waals surface area contributed by atoms with Crippen LogP contribution in [0.1, 0.15) is 10.4 Å². The van der Waals surface area contributed by atoms with Crippen LogP contribution >= 0.6 is 0 Å². The van der Waals surface area contributed by atoms with Gasteiger partial charge in [-0.1, -0.05) is 18.2 Å². The topological polar surface area (TPSA) is 101 Å². The van der Waals surface area contributed by atoms with Gasteiger partial charge in [0.15, 0.2) is 11.5 Å². The van der Waals surface area contributed by atoms with Crippen LogP contribution in [0.2, 0.25) is 0 Å². The van der Waals surface area contributed by atoms with Gasteiger partial charge in [-0.2, -0.15) is 0 Å². The molecular weight excluding hydrogens is 418 g/mol. The van der Waals surface area contributed by atoms with Gasteiger partial charge in [-0.05, 0) is 42.5 Å². The second kappa shape index (κ2) is 8.51. The maximum atomic E-state index is 12.4. The fourth-order valence-corrected chi connectivity index (χ4v) is 3.71. The van der Waals surface area contributed by atoms with E-state index in [9.17, 15) is 4.79 Å². The molecule has 0 aliphatic heterocycles. The van der Waals surface area contributed by atoms with Crippen molar-refractivity contribution in [3.63, 3.8) is 0 Å². The summed E-state index contributed by atoms with van der Waals surface area (Å²) in [5.74, 6) is 1.75. The van der Waals surface area contributed by atoms with Crippen LogP contribution in [-0.4, -0.2) is 35.1 Å². The van der Waals surface area contributed by atoms with E-state index in [4.69, 9.17) is 9.47 Å². The molecule has 164 valence electrons. The van der Waals surface area contributed by atoms with Crippen LogP contribution in [0.4, 0.5) is 17.2 Å². The lowest BCUT2D eigenvalue weighted by atomic mass is 10.1. The number of aromatic amines is 1.